The van der Waals surface area contributed by atoms with Crippen LogP contribution in [-0.2, 0) is 21.2 Å². The van der Waals surface area contributed by atoms with Gasteiger partial charge in [0.15, 0.2) is 0 Å². The fourth-order valence-corrected chi connectivity index (χ4v) is 5.16. The van der Waals surface area contributed by atoms with E-state index in [1.165, 1.54) is 30.0 Å². The van der Waals surface area contributed by atoms with E-state index in [9.17, 15) is 18.0 Å². The quantitative estimate of drug-likeness (QED) is 0.440. The van der Waals surface area contributed by atoms with Gasteiger partial charge in [0, 0.05) is 23.6 Å². The van der Waals surface area contributed by atoms with Gasteiger partial charge in [-0.15, -0.1) is 0 Å². The van der Waals surface area contributed by atoms with Crippen molar-refractivity contribution in [2.45, 2.75) is 37.1 Å². The number of methoxy groups -OCH3 is 1. The molecule has 4 aromatic rings. The second-order valence-electron chi connectivity index (χ2n) is 8.30. The van der Waals surface area contributed by atoms with E-state index >= 15 is 0 Å². The van der Waals surface area contributed by atoms with Gasteiger partial charge in [-0.05, 0) is 68.3 Å². The number of hydrogen-bond donors (Lipinski definition) is 1. The van der Waals surface area contributed by atoms with Crippen LogP contribution in [0.5, 0.6) is 5.75 Å². The van der Waals surface area contributed by atoms with Gasteiger partial charge < -0.3 is 14.6 Å². The Kier molecular flexibility index (Phi) is 6.45. The van der Waals surface area contributed by atoms with Gasteiger partial charge >= 0.3 is 0 Å². The van der Waals surface area contributed by atoms with E-state index in [-0.39, 0.29) is 22.5 Å². The van der Waals surface area contributed by atoms with Crippen molar-refractivity contribution >= 4 is 32.5 Å². The van der Waals surface area contributed by atoms with E-state index in [1.807, 2.05) is 13.8 Å². The molecule has 2 heterocycles. The van der Waals surface area contributed by atoms with Gasteiger partial charge in [0.2, 0.25) is 21.2 Å². The summed E-state index contributed by atoms with van der Waals surface area (Å²) in [4.78, 5) is 30.2. The summed E-state index contributed by atoms with van der Waals surface area (Å²) < 4.78 is 33.5. The van der Waals surface area contributed by atoms with Gasteiger partial charge in [0.1, 0.15) is 22.8 Å². The first-order chi connectivity index (χ1) is 16.6. The molecule has 4 rings (SSSR count). The Labute approximate surface area is 203 Å². The molecule has 180 valence electrons. The summed E-state index contributed by atoms with van der Waals surface area (Å²) in [6.07, 6.45) is 1.20. The third kappa shape index (κ3) is 4.81. The predicted octanol–water partition coefficient (Wildman–Crippen LogP) is 3.80. The van der Waals surface area contributed by atoms with Crippen molar-refractivity contribution in [3.05, 3.63) is 87.8 Å². The molecular weight excluding hydrogens is 466 g/mol. The maximum absolute atomic E-state index is 13.5. The number of nitrogens with one attached hydrogen (secondary N) is 1. The van der Waals surface area contributed by atoms with E-state index in [0.717, 1.165) is 11.1 Å². The maximum Gasteiger partial charge on any atom is 0.244 e. The van der Waals surface area contributed by atoms with E-state index in [2.05, 4.69) is 10.3 Å². The molecule has 1 N–H and O–H groups in total. The highest BCUT2D eigenvalue weighted by molar-refractivity contribution is 7.91. The Bertz CT molecular complexity index is 1620. The summed E-state index contributed by atoms with van der Waals surface area (Å²) in [5, 5.41) is 2.89. The monoisotopic (exact) mass is 491 g/mol. The normalized spacial score (nSPS) is 11.4. The number of ether oxygens (including phenoxy) is 1. The average molecular weight is 492 g/mol. The van der Waals surface area contributed by atoms with Crippen LogP contribution in [0.25, 0.3) is 11.0 Å². The van der Waals surface area contributed by atoms with Crippen molar-refractivity contribution in [1.82, 2.24) is 9.55 Å². The fourth-order valence-electron chi connectivity index (χ4n) is 3.71. The number of nitrogens with zero attached hydrogens (tertiary/aromatic N) is 2. The molecule has 2 aromatic carbocycles. The molecule has 0 aliphatic carbocycles. The molecule has 0 spiro atoms. The zero-order chi connectivity index (χ0) is 25.3. The summed E-state index contributed by atoms with van der Waals surface area (Å²) in [5.74, 6) is 0.164. The Hall–Kier alpha value is -3.98. The zero-order valence-corrected chi connectivity index (χ0v) is 20.6. The van der Waals surface area contributed by atoms with Crippen molar-refractivity contribution < 1.29 is 17.9 Å². The summed E-state index contributed by atoms with van der Waals surface area (Å²) in [5.41, 5.74) is 2.45. The molecule has 1 amide bonds. The van der Waals surface area contributed by atoms with Crippen LogP contribution in [0, 0.1) is 20.8 Å². The lowest BCUT2D eigenvalue weighted by molar-refractivity contribution is -0.116. The van der Waals surface area contributed by atoms with Crippen molar-refractivity contribution in [2.75, 3.05) is 12.4 Å². The number of carbonyl (C=O) groups is 1. The zero-order valence-electron chi connectivity index (χ0n) is 19.8. The SMILES string of the molecule is COc1cccc(NC(=O)Cn2cc(S(=O)(=O)c3ccc(C)c(C)c3)c(=O)c3ccc(C)nc32)c1. The van der Waals surface area contributed by atoms with E-state index in [1.54, 1.807) is 49.4 Å². The molecule has 0 saturated heterocycles. The Morgan fingerprint density at radius 3 is 2.51 bits per heavy atom. The Balaban J connectivity index is 1.81. The highest BCUT2D eigenvalue weighted by Gasteiger charge is 2.25. The molecule has 0 fully saturated rings. The predicted molar refractivity (Wildman–Crippen MR) is 134 cm³/mol. The second kappa shape index (κ2) is 9.34. The van der Waals surface area contributed by atoms with Crippen LogP contribution in [0.2, 0.25) is 0 Å². The Morgan fingerprint density at radius 2 is 1.80 bits per heavy atom. The van der Waals surface area contributed by atoms with Crippen LogP contribution < -0.4 is 15.5 Å². The number of pyridine rings is 2. The molecule has 0 aliphatic heterocycles. The number of fused-ring (bicyclic) bond motifs is 1. The molecule has 9 heteroatoms. The van der Waals surface area contributed by atoms with Gasteiger partial charge in [0.25, 0.3) is 0 Å². The number of benzene rings is 2. The molecule has 0 aliphatic rings. The number of carbonyl (C=O) groups excluding carboxylic acids is 1. The molecule has 0 saturated carbocycles. The van der Waals surface area contributed by atoms with E-state index < -0.39 is 26.1 Å². The Morgan fingerprint density at radius 1 is 1.03 bits per heavy atom. The minimum atomic E-state index is -4.15. The first kappa shape index (κ1) is 24.2. The minimum Gasteiger partial charge on any atom is -0.497 e. The van der Waals surface area contributed by atoms with Crippen LogP contribution in [0.4, 0.5) is 5.69 Å². The number of aryl methyl sites for hydroxylation is 3. The van der Waals surface area contributed by atoms with Gasteiger partial charge in [-0.2, -0.15) is 0 Å². The van der Waals surface area contributed by atoms with Crippen LogP contribution >= 0.6 is 0 Å². The van der Waals surface area contributed by atoms with Gasteiger partial charge in [-0.25, -0.2) is 13.4 Å². The summed E-state index contributed by atoms with van der Waals surface area (Å²) in [6.45, 7) is 5.19. The highest BCUT2D eigenvalue weighted by Crippen LogP contribution is 2.23. The van der Waals surface area contributed by atoms with E-state index in [4.69, 9.17) is 4.74 Å². The fraction of sp³-hybridized carbons (Fsp3) is 0.192. The van der Waals surface area contributed by atoms with Crippen molar-refractivity contribution in [2.24, 2.45) is 0 Å². The van der Waals surface area contributed by atoms with Crippen LogP contribution in [0.1, 0.15) is 16.8 Å². The van der Waals surface area contributed by atoms with Crippen molar-refractivity contribution in [3.8, 4) is 5.75 Å². The van der Waals surface area contributed by atoms with Gasteiger partial charge in [-0.1, -0.05) is 12.1 Å². The molecule has 8 nitrogen and oxygen atoms in total. The first-order valence-corrected chi connectivity index (χ1v) is 12.4. The summed E-state index contributed by atoms with van der Waals surface area (Å²) in [7, 11) is -2.62. The highest BCUT2D eigenvalue weighted by atomic mass is 32.2. The number of aromatic nitrogens is 2. The molecule has 0 bridgehead atoms. The number of anilines is 1. The van der Waals surface area contributed by atoms with Gasteiger partial charge in [0.05, 0.1) is 17.4 Å². The number of sulfone groups is 1. The van der Waals surface area contributed by atoms with Gasteiger partial charge in [-0.3, -0.25) is 9.59 Å². The molecular formula is C26H25N3O5S. The van der Waals surface area contributed by atoms with Crippen molar-refractivity contribution in [1.29, 1.82) is 0 Å². The lowest BCUT2D eigenvalue weighted by Crippen LogP contribution is -2.24. The third-order valence-corrected chi connectivity index (χ3v) is 7.52. The standard InChI is InChI=1S/C26H25N3O5S/c1-16-8-10-21(12-17(16)2)35(32,33)23-14-29(26-22(25(23)31)11-9-18(3)27-26)15-24(30)28-19-6-5-7-20(13-19)34-4/h5-14H,15H2,1-4H3,(H,28,30). The largest absolute Gasteiger partial charge is 0.497 e. The van der Waals surface area contributed by atoms with Crippen LogP contribution in [0.3, 0.4) is 0 Å². The van der Waals surface area contributed by atoms with Crippen LogP contribution in [0.15, 0.2) is 75.4 Å². The molecule has 2 aromatic heterocycles. The second-order valence-corrected chi connectivity index (χ2v) is 10.2. The molecule has 0 atom stereocenters. The maximum atomic E-state index is 13.5. The topological polar surface area (TPSA) is 107 Å². The lowest BCUT2D eigenvalue weighted by atomic mass is 10.1. The van der Waals surface area contributed by atoms with Crippen LogP contribution in [-0.4, -0.2) is 31.0 Å². The first-order valence-electron chi connectivity index (χ1n) is 10.9. The molecule has 35 heavy (non-hydrogen) atoms. The molecule has 0 radical (unpaired) electrons. The van der Waals surface area contributed by atoms with Crippen molar-refractivity contribution in [3.63, 3.8) is 0 Å². The smallest absolute Gasteiger partial charge is 0.244 e. The average Bonchev–Trinajstić information content (AvgIpc) is 2.82. The number of rotatable bonds is 6. The summed E-state index contributed by atoms with van der Waals surface area (Å²) in [6, 6.07) is 14.8. The third-order valence-electron chi connectivity index (χ3n) is 5.77. The minimum absolute atomic E-state index is 0.0181. The number of hydrogen-bond acceptors (Lipinski definition) is 6. The number of amides is 1. The summed E-state index contributed by atoms with van der Waals surface area (Å²) >= 11 is 0. The van der Waals surface area contributed by atoms with E-state index in [0.29, 0.717) is 17.1 Å². The molecule has 0 unspecified atom stereocenters. The lowest BCUT2D eigenvalue weighted by Gasteiger charge is -2.14.